The fourth-order valence-corrected chi connectivity index (χ4v) is 1.80. The number of rotatable bonds is 5. The summed E-state index contributed by atoms with van der Waals surface area (Å²) in [6, 6.07) is 14.2. The van der Waals surface area contributed by atoms with Crippen LogP contribution in [0, 0.1) is 0 Å². The van der Waals surface area contributed by atoms with E-state index in [1.165, 1.54) is 0 Å². The maximum Gasteiger partial charge on any atom is 0.166 e. The first-order chi connectivity index (χ1) is 9.22. The van der Waals surface area contributed by atoms with Gasteiger partial charge < -0.3 is 9.84 Å². The smallest absolute Gasteiger partial charge is 0.166 e. The van der Waals surface area contributed by atoms with E-state index >= 15 is 0 Å². The summed E-state index contributed by atoms with van der Waals surface area (Å²) in [4.78, 5) is 11.8. The molecule has 0 spiro atoms. The minimum atomic E-state index is 0.0490. The van der Waals surface area contributed by atoms with E-state index in [0.29, 0.717) is 23.3 Å². The van der Waals surface area contributed by atoms with E-state index in [2.05, 4.69) is 0 Å². The lowest BCUT2D eigenvalue weighted by Gasteiger charge is -2.11. The van der Waals surface area contributed by atoms with Gasteiger partial charge in [0.2, 0.25) is 0 Å². The van der Waals surface area contributed by atoms with Crippen molar-refractivity contribution in [3.8, 4) is 11.5 Å². The van der Waals surface area contributed by atoms with Gasteiger partial charge >= 0.3 is 0 Å². The van der Waals surface area contributed by atoms with Crippen LogP contribution < -0.4 is 4.74 Å². The lowest BCUT2D eigenvalue weighted by molar-refractivity contribution is 0.0983. The number of ether oxygens (including phenoxy) is 1. The Balaban J connectivity index is 2.16. The normalized spacial score (nSPS) is 10.2. The monoisotopic (exact) mass is 256 g/mol. The van der Waals surface area contributed by atoms with Crippen LogP contribution in [0.5, 0.6) is 11.5 Å². The molecule has 2 rings (SSSR count). The van der Waals surface area contributed by atoms with Gasteiger partial charge in [-0.3, -0.25) is 4.79 Å². The van der Waals surface area contributed by atoms with Gasteiger partial charge in [0.05, 0.1) is 5.56 Å². The molecule has 0 aliphatic rings. The molecule has 0 aromatic heterocycles. The molecule has 0 fully saturated rings. The zero-order chi connectivity index (χ0) is 13.7. The molecule has 2 aromatic rings. The Labute approximate surface area is 112 Å². The molecule has 0 bridgehead atoms. The second kappa shape index (κ2) is 6.05. The average Bonchev–Trinajstić information content (AvgIpc) is 2.46. The highest BCUT2D eigenvalue weighted by atomic mass is 16.5. The number of para-hydroxylation sites is 2. The predicted octanol–water partition coefficient (Wildman–Crippen LogP) is 3.56. The van der Waals surface area contributed by atoms with Gasteiger partial charge in [0.1, 0.15) is 18.1 Å². The zero-order valence-corrected chi connectivity index (χ0v) is 10.8. The van der Waals surface area contributed by atoms with Crippen molar-refractivity contribution in [2.45, 2.75) is 20.0 Å². The van der Waals surface area contributed by atoms with Crippen LogP contribution in [0.1, 0.15) is 29.3 Å². The molecule has 1 N–H and O–H groups in total. The van der Waals surface area contributed by atoms with Gasteiger partial charge in [0, 0.05) is 12.0 Å². The minimum Gasteiger partial charge on any atom is -0.508 e. The zero-order valence-electron chi connectivity index (χ0n) is 10.8. The number of phenolic OH excluding ortho intramolecular Hbond substituents is 1. The number of hydrogen-bond acceptors (Lipinski definition) is 3. The number of ketones is 1. The average molecular weight is 256 g/mol. The van der Waals surface area contributed by atoms with Crippen LogP contribution in [0.25, 0.3) is 0 Å². The molecule has 0 saturated carbocycles. The molecule has 0 unspecified atom stereocenters. The highest BCUT2D eigenvalue weighted by molar-refractivity contribution is 5.98. The molecule has 98 valence electrons. The largest absolute Gasteiger partial charge is 0.508 e. The van der Waals surface area contributed by atoms with Crippen LogP contribution in [0.3, 0.4) is 0 Å². The number of carbonyl (C=O) groups excluding carboxylic acids is 1. The number of benzene rings is 2. The maximum absolute atomic E-state index is 11.8. The van der Waals surface area contributed by atoms with Crippen LogP contribution in [0.4, 0.5) is 0 Å². The molecule has 2 aromatic carbocycles. The van der Waals surface area contributed by atoms with Crippen molar-refractivity contribution in [2.75, 3.05) is 0 Å². The Morgan fingerprint density at radius 1 is 1.11 bits per heavy atom. The van der Waals surface area contributed by atoms with E-state index in [-0.39, 0.29) is 18.1 Å². The van der Waals surface area contributed by atoms with Crippen molar-refractivity contribution in [1.29, 1.82) is 0 Å². The Morgan fingerprint density at radius 2 is 1.79 bits per heavy atom. The molecule has 3 heteroatoms. The fraction of sp³-hybridized carbons (Fsp3) is 0.188. The molecule has 0 heterocycles. The summed E-state index contributed by atoms with van der Waals surface area (Å²) in [7, 11) is 0. The third-order valence-electron chi connectivity index (χ3n) is 2.88. The number of hydrogen-bond donors (Lipinski definition) is 1. The molecular weight excluding hydrogens is 240 g/mol. The first-order valence-electron chi connectivity index (χ1n) is 6.24. The van der Waals surface area contributed by atoms with Crippen LogP contribution in [-0.2, 0) is 6.61 Å². The molecule has 0 radical (unpaired) electrons. The first-order valence-corrected chi connectivity index (χ1v) is 6.24. The Kier molecular flexibility index (Phi) is 4.18. The summed E-state index contributed by atoms with van der Waals surface area (Å²) >= 11 is 0. The van der Waals surface area contributed by atoms with Crippen molar-refractivity contribution in [2.24, 2.45) is 0 Å². The Bertz CT molecular complexity index is 576. The topological polar surface area (TPSA) is 46.5 Å². The lowest BCUT2D eigenvalue weighted by Crippen LogP contribution is -2.03. The van der Waals surface area contributed by atoms with Crippen LogP contribution in [0.15, 0.2) is 48.5 Å². The number of carbonyl (C=O) groups is 1. The van der Waals surface area contributed by atoms with E-state index in [1.807, 2.05) is 25.1 Å². The molecule has 0 amide bonds. The van der Waals surface area contributed by atoms with Crippen LogP contribution in [-0.4, -0.2) is 10.9 Å². The van der Waals surface area contributed by atoms with Crippen LogP contribution >= 0.6 is 0 Å². The summed E-state index contributed by atoms with van der Waals surface area (Å²) in [6.45, 7) is 2.06. The minimum absolute atomic E-state index is 0.0490. The maximum atomic E-state index is 11.8. The molecule has 0 atom stereocenters. The van der Waals surface area contributed by atoms with E-state index in [1.54, 1.807) is 30.3 Å². The molecule has 3 nitrogen and oxygen atoms in total. The lowest BCUT2D eigenvalue weighted by atomic mass is 10.1. The van der Waals surface area contributed by atoms with E-state index in [9.17, 15) is 9.90 Å². The van der Waals surface area contributed by atoms with E-state index in [0.717, 1.165) is 0 Å². The third-order valence-corrected chi connectivity index (χ3v) is 2.88. The summed E-state index contributed by atoms with van der Waals surface area (Å²) < 4.78 is 5.65. The van der Waals surface area contributed by atoms with Gasteiger partial charge in [-0.25, -0.2) is 0 Å². The third kappa shape index (κ3) is 3.13. The number of phenols is 1. The molecule has 0 aliphatic heterocycles. The summed E-state index contributed by atoms with van der Waals surface area (Å²) in [6.07, 6.45) is 0.441. The molecular formula is C16H16O3. The standard InChI is InChI=1S/C16H16O3/c1-2-14(17)13-8-4-6-10-16(13)19-11-12-7-3-5-9-15(12)18/h3-10,18H,2,11H2,1H3. The van der Waals surface area contributed by atoms with Crippen molar-refractivity contribution in [3.05, 3.63) is 59.7 Å². The van der Waals surface area contributed by atoms with Gasteiger partial charge in [-0.1, -0.05) is 37.3 Å². The fourth-order valence-electron chi connectivity index (χ4n) is 1.80. The van der Waals surface area contributed by atoms with Gasteiger partial charge in [-0.15, -0.1) is 0 Å². The van der Waals surface area contributed by atoms with E-state index in [4.69, 9.17) is 4.74 Å². The highest BCUT2D eigenvalue weighted by Crippen LogP contribution is 2.23. The molecule has 19 heavy (non-hydrogen) atoms. The van der Waals surface area contributed by atoms with Gasteiger partial charge in [-0.2, -0.15) is 0 Å². The predicted molar refractivity (Wildman–Crippen MR) is 73.5 cm³/mol. The summed E-state index contributed by atoms with van der Waals surface area (Å²) in [5.41, 5.74) is 1.28. The quantitative estimate of drug-likeness (QED) is 0.832. The Morgan fingerprint density at radius 3 is 2.53 bits per heavy atom. The van der Waals surface area contributed by atoms with Crippen molar-refractivity contribution in [3.63, 3.8) is 0 Å². The number of Topliss-reactive ketones (excluding diaryl/α,β-unsaturated/α-hetero) is 1. The van der Waals surface area contributed by atoms with Gasteiger partial charge in [-0.05, 0) is 18.2 Å². The van der Waals surface area contributed by atoms with E-state index < -0.39 is 0 Å². The molecule has 0 aliphatic carbocycles. The second-order valence-electron chi connectivity index (χ2n) is 4.19. The second-order valence-corrected chi connectivity index (χ2v) is 4.19. The van der Waals surface area contributed by atoms with Crippen molar-refractivity contribution >= 4 is 5.78 Å². The first kappa shape index (κ1) is 13.1. The van der Waals surface area contributed by atoms with Gasteiger partial charge in [0.15, 0.2) is 5.78 Å². The van der Waals surface area contributed by atoms with Gasteiger partial charge in [0.25, 0.3) is 0 Å². The van der Waals surface area contributed by atoms with Crippen molar-refractivity contribution < 1.29 is 14.6 Å². The number of aromatic hydroxyl groups is 1. The Hall–Kier alpha value is -2.29. The van der Waals surface area contributed by atoms with Crippen LogP contribution in [0.2, 0.25) is 0 Å². The molecule has 0 saturated heterocycles. The highest BCUT2D eigenvalue weighted by Gasteiger charge is 2.10. The SMILES string of the molecule is CCC(=O)c1ccccc1OCc1ccccc1O. The van der Waals surface area contributed by atoms with Crippen molar-refractivity contribution in [1.82, 2.24) is 0 Å². The summed E-state index contributed by atoms with van der Waals surface area (Å²) in [5, 5.41) is 9.67. The summed E-state index contributed by atoms with van der Waals surface area (Å²) in [5.74, 6) is 0.798.